The first-order valence-corrected chi connectivity index (χ1v) is 8.98. The molecule has 3 rings (SSSR count). The van der Waals surface area contributed by atoms with Gasteiger partial charge in [0.2, 0.25) is 0 Å². The van der Waals surface area contributed by atoms with Gasteiger partial charge < -0.3 is 0 Å². The van der Waals surface area contributed by atoms with E-state index in [1.165, 1.54) is 12.1 Å². The Labute approximate surface area is 145 Å². The highest BCUT2D eigenvalue weighted by atomic mass is 32.2. The Hall–Kier alpha value is -2.99. The van der Waals surface area contributed by atoms with Crippen LogP contribution in [0.3, 0.4) is 0 Å². The Morgan fingerprint density at radius 1 is 0.880 bits per heavy atom. The number of aromatic nitrogens is 1. The van der Waals surface area contributed by atoms with E-state index >= 15 is 0 Å². The van der Waals surface area contributed by atoms with Crippen LogP contribution in [0.2, 0.25) is 0 Å². The number of anilines is 1. The molecule has 4 nitrogen and oxygen atoms in total. The second kappa shape index (κ2) is 7.27. The molecule has 126 valence electrons. The maximum absolute atomic E-state index is 13.0. The first-order valence-electron chi connectivity index (χ1n) is 7.50. The zero-order chi connectivity index (χ0) is 17.7. The van der Waals surface area contributed by atoms with Crippen molar-refractivity contribution < 1.29 is 12.8 Å². The predicted octanol–water partition coefficient (Wildman–Crippen LogP) is 4.19. The smallest absolute Gasteiger partial charge is 0.261 e. The lowest BCUT2D eigenvalue weighted by Gasteiger charge is -2.10. The van der Waals surface area contributed by atoms with Gasteiger partial charge in [-0.25, -0.2) is 12.8 Å². The summed E-state index contributed by atoms with van der Waals surface area (Å²) in [4.78, 5) is 3.96. The number of hydrogen-bond donors (Lipinski definition) is 1. The highest BCUT2D eigenvalue weighted by Gasteiger charge is 2.15. The first-order chi connectivity index (χ1) is 12.0. The molecule has 1 N–H and O–H groups in total. The predicted molar refractivity (Wildman–Crippen MR) is 96.8 cm³/mol. The van der Waals surface area contributed by atoms with Crippen molar-refractivity contribution in [3.63, 3.8) is 0 Å². The number of nitrogens with one attached hydrogen (secondary N) is 1. The minimum absolute atomic E-state index is 0.00168. The summed E-state index contributed by atoms with van der Waals surface area (Å²) >= 11 is 0. The number of sulfonamides is 1. The van der Waals surface area contributed by atoms with E-state index in [-0.39, 0.29) is 4.90 Å². The van der Waals surface area contributed by atoms with E-state index in [1.807, 2.05) is 30.4 Å². The lowest BCUT2D eigenvalue weighted by molar-refractivity contribution is 0.599. The van der Waals surface area contributed by atoms with Gasteiger partial charge in [0, 0.05) is 12.4 Å². The van der Waals surface area contributed by atoms with Gasteiger partial charge in [-0.15, -0.1) is 0 Å². The number of hydrogen-bond acceptors (Lipinski definition) is 3. The molecule has 0 spiro atoms. The zero-order valence-electron chi connectivity index (χ0n) is 13.1. The molecule has 0 amide bonds. The topological polar surface area (TPSA) is 59.1 Å². The van der Waals surface area contributed by atoms with Gasteiger partial charge in [-0.05, 0) is 53.6 Å². The van der Waals surface area contributed by atoms with Crippen molar-refractivity contribution in [3.8, 4) is 0 Å². The second-order valence-corrected chi connectivity index (χ2v) is 6.94. The molecule has 0 radical (unpaired) electrons. The largest absolute Gasteiger partial charge is 0.279 e. The van der Waals surface area contributed by atoms with Gasteiger partial charge in [-0.2, -0.15) is 0 Å². The molecular formula is C19H15FN2O2S. The highest BCUT2D eigenvalue weighted by Crippen LogP contribution is 2.22. The van der Waals surface area contributed by atoms with Gasteiger partial charge in [0.1, 0.15) is 5.82 Å². The van der Waals surface area contributed by atoms with Crippen LogP contribution >= 0.6 is 0 Å². The maximum Gasteiger partial charge on any atom is 0.261 e. The molecule has 0 unspecified atom stereocenters. The fourth-order valence-corrected chi connectivity index (χ4v) is 3.30. The molecule has 0 aliphatic heterocycles. The fourth-order valence-electron chi connectivity index (χ4n) is 2.21. The van der Waals surface area contributed by atoms with E-state index in [1.54, 1.807) is 30.6 Å². The Morgan fingerprint density at radius 3 is 2.28 bits per heavy atom. The third-order valence-electron chi connectivity index (χ3n) is 3.49. The van der Waals surface area contributed by atoms with Crippen molar-refractivity contribution in [2.45, 2.75) is 4.90 Å². The molecule has 0 aliphatic rings. The molecule has 1 aromatic heterocycles. The third kappa shape index (κ3) is 4.30. The maximum atomic E-state index is 13.0. The van der Waals surface area contributed by atoms with Crippen LogP contribution in [0.25, 0.3) is 12.2 Å². The van der Waals surface area contributed by atoms with E-state index in [0.29, 0.717) is 11.3 Å². The van der Waals surface area contributed by atoms with Gasteiger partial charge >= 0.3 is 0 Å². The van der Waals surface area contributed by atoms with Crippen molar-refractivity contribution in [2.75, 3.05) is 4.72 Å². The van der Waals surface area contributed by atoms with Crippen molar-refractivity contribution in [1.29, 1.82) is 0 Å². The fraction of sp³-hybridized carbons (Fsp3) is 0. The highest BCUT2D eigenvalue weighted by molar-refractivity contribution is 7.92. The van der Waals surface area contributed by atoms with E-state index in [4.69, 9.17) is 0 Å². The summed E-state index contributed by atoms with van der Waals surface area (Å²) < 4.78 is 40.5. The number of nitrogens with zero attached hydrogens (tertiary/aromatic N) is 1. The first kappa shape index (κ1) is 16.9. The zero-order valence-corrected chi connectivity index (χ0v) is 13.9. The Bertz CT molecular complexity index is 985. The Kier molecular flexibility index (Phi) is 4.90. The quantitative estimate of drug-likeness (QED) is 0.747. The van der Waals surface area contributed by atoms with Crippen molar-refractivity contribution in [2.24, 2.45) is 0 Å². The second-order valence-electron chi connectivity index (χ2n) is 5.26. The molecule has 0 saturated carbocycles. The van der Waals surface area contributed by atoms with Crippen molar-refractivity contribution in [3.05, 3.63) is 90.0 Å². The number of benzene rings is 2. The van der Waals surface area contributed by atoms with Crippen LogP contribution in [0, 0.1) is 5.82 Å². The minimum Gasteiger partial charge on any atom is -0.279 e. The molecule has 0 saturated heterocycles. The van der Waals surface area contributed by atoms with E-state index in [0.717, 1.165) is 17.7 Å². The van der Waals surface area contributed by atoms with Gasteiger partial charge in [0.15, 0.2) is 0 Å². The Morgan fingerprint density at radius 2 is 1.56 bits per heavy atom. The monoisotopic (exact) mass is 354 g/mol. The number of halogens is 1. The van der Waals surface area contributed by atoms with Crippen LogP contribution in [0.15, 0.2) is 78.0 Å². The molecule has 0 aliphatic carbocycles. The molecule has 0 atom stereocenters. The van der Waals surface area contributed by atoms with Gasteiger partial charge in [0.05, 0.1) is 10.6 Å². The van der Waals surface area contributed by atoms with Crippen molar-refractivity contribution >= 4 is 27.9 Å². The number of rotatable bonds is 5. The average Bonchev–Trinajstić information content (AvgIpc) is 2.62. The van der Waals surface area contributed by atoms with Crippen LogP contribution < -0.4 is 4.72 Å². The molecule has 3 aromatic rings. The van der Waals surface area contributed by atoms with E-state index in [2.05, 4.69) is 9.71 Å². The third-order valence-corrected chi connectivity index (χ3v) is 4.87. The minimum atomic E-state index is -3.80. The van der Waals surface area contributed by atoms with E-state index in [9.17, 15) is 12.8 Å². The summed E-state index contributed by atoms with van der Waals surface area (Å²) in [6.45, 7) is 0. The summed E-state index contributed by atoms with van der Waals surface area (Å²) in [7, 11) is -3.80. The van der Waals surface area contributed by atoms with Gasteiger partial charge in [-0.1, -0.05) is 30.4 Å². The molecule has 2 aromatic carbocycles. The summed E-state index contributed by atoms with van der Waals surface area (Å²) in [5.41, 5.74) is 2.10. The normalized spacial score (nSPS) is 11.6. The summed E-state index contributed by atoms with van der Waals surface area (Å²) in [6.07, 6.45) is 7.05. The average molecular weight is 354 g/mol. The summed E-state index contributed by atoms with van der Waals surface area (Å²) in [6, 6.07) is 15.4. The molecule has 0 bridgehead atoms. The lowest BCUT2D eigenvalue weighted by atomic mass is 10.1. The standard InChI is InChI=1S/C19H15FN2O2S/c20-17-7-9-18(10-8-17)25(23,24)22-19-4-2-1-3-16(19)6-5-15-11-13-21-14-12-15/h1-14,22H. The molecule has 0 fully saturated rings. The van der Waals surface area contributed by atoms with E-state index < -0.39 is 15.8 Å². The van der Waals surface area contributed by atoms with Crippen LogP contribution in [0.1, 0.15) is 11.1 Å². The van der Waals surface area contributed by atoms with Gasteiger partial charge in [0.25, 0.3) is 10.0 Å². The van der Waals surface area contributed by atoms with Crippen LogP contribution in [-0.4, -0.2) is 13.4 Å². The Balaban J connectivity index is 1.88. The van der Waals surface area contributed by atoms with Gasteiger partial charge in [-0.3, -0.25) is 9.71 Å². The van der Waals surface area contributed by atoms with Crippen LogP contribution in [-0.2, 0) is 10.0 Å². The molecule has 6 heteroatoms. The van der Waals surface area contributed by atoms with Crippen molar-refractivity contribution in [1.82, 2.24) is 4.98 Å². The molecule has 1 heterocycles. The lowest BCUT2D eigenvalue weighted by Crippen LogP contribution is -2.13. The SMILES string of the molecule is O=S(=O)(Nc1ccccc1C=Cc1ccncc1)c1ccc(F)cc1. The number of para-hydroxylation sites is 1. The molecular weight excluding hydrogens is 339 g/mol. The summed E-state index contributed by atoms with van der Waals surface area (Å²) in [5.74, 6) is -0.486. The van der Waals surface area contributed by atoms with Crippen LogP contribution in [0.5, 0.6) is 0 Å². The number of pyridine rings is 1. The molecule has 25 heavy (non-hydrogen) atoms. The van der Waals surface area contributed by atoms with Crippen LogP contribution in [0.4, 0.5) is 10.1 Å². The summed E-state index contributed by atoms with van der Waals surface area (Å²) in [5, 5.41) is 0.